The zero-order chi connectivity index (χ0) is 14.9. The molecule has 0 unspecified atom stereocenters. The highest BCUT2D eigenvalue weighted by molar-refractivity contribution is 6.03. The quantitative estimate of drug-likeness (QED) is 0.757. The van der Waals surface area contributed by atoms with Crippen LogP contribution in [0.5, 0.6) is 0 Å². The molecule has 0 aliphatic carbocycles. The number of carboxylic acids is 1. The highest BCUT2D eigenvalue weighted by Gasteiger charge is 2.20. The smallest absolute Gasteiger partial charge is 0.339 e. The van der Waals surface area contributed by atoms with Crippen molar-refractivity contribution in [1.29, 1.82) is 0 Å². The summed E-state index contributed by atoms with van der Waals surface area (Å²) >= 11 is 0. The van der Waals surface area contributed by atoms with Crippen molar-refractivity contribution in [1.82, 2.24) is 14.8 Å². The lowest BCUT2D eigenvalue weighted by atomic mass is 10.0. The van der Waals surface area contributed by atoms with Gasteiger partial charge in [0, 0.05) is 13.2 Å². The van der Waals surface area contributed by atoms with Crippen LogP contribution in [-0.2, 0) is 7.05 Å². The predicted molar refractivity (Wildman–Crippen MR) is 74.8 cm³/mol. The van der Waals surface area contributed by atoms with Gasteiger partial charge in [-0.25, -0.2) is 9.78 Å². The number of anilines is 1. The molecule has 0 aromatic carbocycles. The molecule has 7 heteroatoms. The Labute approximate surface area is 116 Å². The average Bonchev–Trinajstić information content (AvgIpc) is 2.77. The summed E-state index contributed by atoms with van der Waals surface area (Å²) in [6.45, 7) is 3.83. The van der Waals surface area contributed by atoms with Gasteiger partial charge in [-0.1, -0.05) is 13.8 Å². The highest BCUT2D eigenvalue weighted by atomic mass is 16.4. The number of carbonyl (C=O) groups is 1. The van der Waals surface area contributed by atoms with E-state index in [9.17, 15) is 15.0 Å². The maximum atomic E-state index is 11.3. The van der Waals surface area contributed by atoms with Gasteiger partial charge in [0.25, 0.3) is 0 Å². The Kier molecular flexibility index (Phi) is 3.89. The second-order valence-electron chi connectivity index (χ2n) is 5.03. The van der Waals surface area contributed by atoms with Crippen molar-refractivity contribution in [2.24, 2.45) is 13.0 Å². The number of aromatic carboxylic acids is 1. The zero-order valence-corrected chi connectivity index (χ0v) is 11.7. The Morgan fingerprint density at radius 3 is 2.70 bits per heavy atom. The molecule has 2 heterocycles. The molecule has 0 saturated heterocycles. The first-order valence-corrected chi connectivity index (χ1v) is 6.37. The second kappa shape index (κ2) is 5.46. The maximum Gasteiger partial charge on any atom is 0.339 e. The number of aliphatic hydroxyl groups is 1. The van der Waals surface area contributed by atoms with Crippen molar-refractivity contribution in [2.75, 3.05) is 11.9 Å². The topological polar surface area (TPSA) is 100 Å². The molecule has 2 aromatic rings. The van der Waals surface area contributed by atoms with Crippen LogP contribution in [0.4, 0.5) is 5.69 Å². The fraction of sp³-hybridized carbons (Fsp3) is 0.462. The molecule has 7 nitrogen and oxygen atoms in total. The number of pyridine rings is 1. The van der Waals surface area contributed by atoms with Crippen LogP contribution in [-0.4, -0.2) is 43.6 Å². The van der Waals surface area contributed by atoms with E-state index in [1.165, 1.54) is 6.20 Å². The van der Waals surface area contributed by atoms with Crippen molar-refractivity contribution in [3.05, 3.63) is 18.0 Å². The number of hydrogen-bond acceptors (Lipinski definition) is 5. The summed E-state index contributed by atoms with van der Waals surface area (Å²) < 4.78 is 1.58. The molecule has 0 spiro atoms. The van der Waals surface area contributed by atoms with Gasteiger partial charge < -0.3 is 15.5 Å². The van der Waals surface area contributed by atoms with Gasteiger partial charge >= 0.3 is 5.97 Å². The largest absolute Gasteiger partial charge is 0.478 e. The van der Waals surface area contributed by atoms with E-state index in [1.54, 1.807) is 17.9 Å². The normalized spacial score (nSPS) is 12.8. The molecule has 0 bridgehead atoms. The van der Waals surface area contributed by atoms with E-state index < -0.39 is 5.97 Å². The summed E-state index contributed by atoms with van der Waals surface area (Å²) in [5, 5.41) is 26.5. The van der Waals surface area contributed by atoms with Crippen LogP contribution in [0.25, 0.3) is 11.0 Å². The Morgan fingerprint density at radius 1 is 1.45 bits per heavy atom. The van der Waals surface area contributed by atoms with E-state index in [0.29, 0.717) is 16.7 Å². The van der Waals surface area contributed by atoms with Crippen LogP contribution in [0, 0.1) is 5.92 Å². The molecule has 1 atom stereocenters. The van der Waals surface area contributed by atoms with E-state index in [1.807, 2.05) is 13.8 Å². The number of nitrogens with one attached hydrogen (secondary N) is 1. The number of aliphatic hydroxyl groups excluding tert-OH is 1. The van der Waals surface area contributed by atoms with Gasteiger partial charge in [-0.05, 0) is 5.92 Å². The number of aryl methyl sites for hydroxylation is 1. The zero-order valence-electron chi connectivity index (χ0n) is 11.7. The van der Waals surface area contributed by atoms with Crippen LogP contribution >= 0.6 is 0 Å². The number of rotatable bonds is 5. The minimum absolute atomic E-state index is 0.0737. The fourth-order valence-electron chi connectivity index (χ4n) is 2.02. The van der Waals surface area contributed by atoms with Crippen LogP contribution in [0.2, 0.25) is 0 Å². The summed E-state index contributed by atoms with van der Waals surface area (Å²) in [6, 6.07) is -0.237. The summed E-state index contributed by atoms with van der Waals surface area (Å²) in [6.07, 6.45) is 2.88. The highest BCUT2D eigenvalue weighted by Crippen LogP contribution is 2.27. The van der Waals surface area contributed by atoms with E-state index in [4.69, 9.17) is 0 Å². The number of carboxylic acid groups (broad SMARTS) is 1. The molecule has 0 aliphatic heterocycles. The van der Waals surface area contributed by atoms with Crippen molar-refractivity contribution < 1.29 is 15.0 Å². The fourth-order valence-corrected chi connectivity index (χ4v) is 2.02. The average molecular weight is 278 g/mol. The van der Waals surface area contributed by atoms with Crippen LogP contribution in [0.1, 0.15) is 24.2 Å². The first-order chi connectivity index (χ1) is 9.45. The van der Waals surface area contributed by atoms with E-state index in [0.717, 1.165) is 0 Å². The molecule has 0 saturated carbocycles. The molecule has 2 rings (SSSR count). The summed E-state index contributed by atoms with van der Waals surface area (Å²) in [4.78, 5) is 15.5. The second-order valence-corrected chi connectivity index (χ2v) is 5.03. The van der Waals surface area contributed by atoms with Gasteiger partial charge in [-0.15, -0.1) is 0 Å². The number of fused-ring (bicyclic) bond motifs is 1. The van der Waals surface area contributed by atoms with Crippen molar-refractivity contribution in [3.63, 3.8) is 0 Å². The van der Waals surface area contributed by atoms with Gasteiger partial charge in [-0.3, -0.25) is 4.68 Å². The monoisotopic (exact) mass is 278 g/mol. The Balaban J connectivity index is 2.57. The molecule has 2 aromatic heterocycles. The lowest BCUT2D eigenvalue weighted by Gasteiger charge is -2.22. The van der Waals surface area contributed by atoms with Crippen molar-refractivity contribution in [2.45, 2.75) is 19.9 Å². The molecule has 0 amide bonds. The molecule has 0 fully saturated rings. The van der Waals surface area contributed by atoms with Crippen LogP contribution in [0.15, 0.2) is 12.4 Å². The minimum atomic E-state index is -1.06. The third-order valence-electron chi connectivity index (χ3n) is 3.32. The number of nitrogens with zero attached hydrogens (tertiary/aromatic N) is 3. The standard InChI is InChI=1S/C13H18N4O3/c1-7(2)10(6-18)16-11-8-5-15-17(3)12(8)14-4-9(11)13(19)20/h4-5,7,10,18H,6H2,1-3H3,(H,14,16)(H,19,20)/t10-/m1/s1. The first-order valence-electron chi connectivity index (χ1n) is 6.37. The van der Waals surface area contributed by atoms with Gasteiger partial charge in [0.15, 0.2) is 5.65 Å². The minimum Gasteiger partial charge on any atom is -0.478 e. The molecule has 20 heavy (non-hydrogen) atoms. The van der Waals surface area contributed by atoms with Gasteiger partial charge in [0.2, 0.25) is 0 Å². The third-order valence-corrected chi connectivity index (χ3v) is 3.32. The summed E-state index contributed by atoms with van der Waals surface area (Å²) in [7, 11) is 1.74. The van der Waals surface area contributed by atoms with Crippen LogP contribution < -0.4 is 5.32 Å². The molecule has 0 radical (unpaired) electrons. The van der Waals surface area contributed by atoms with Gasteiger partial charge in [0.05, 0.1) is 29.9 Å². The van der Waals surface area contributed by atoms with Crippen molar-refractivity contribution in [3.8, 4) is 0 Å². The Morgan fingerprint density at radius 2 is 2.15 bits per heavy atom. The SMILES string of the molecule is CC(C)[C@@H](CO)Nc1c(C(=O)O)cnc2c1cnn2C. The first kappa shape index (κ1) is 14.3. The Hall–Kier alpha value is -2.15. The van der Waals surface area contributed by atoms with E-state index in [-0.39, 0.29) is 24.1 Å². The Bertz CT molecular complexity index is 636. The molecule has 0 aliphatic rings. The van der Waals surface area contributed by atoms with E-state index in [2.05, 4.69) is 15.4 Å². The van der Waals surface area contributed by atoms with Gasteiger partial charge in [-0.2, -0.15) is 5.10 Å². The van der Waals surface area contributed by atoms with Gasteiger partial charge in [0.1, 0.15) is 5.56 Å². The lowest BCUT2D eigenvalue weighted by Crippen LogP contribution is -2.30. The summed E-state index contributed by atoms with van der Waals surface area (Å²) in [5.41, 5.74) is 1.12. The molecule has 108 valence electrons. The molecule has 3 N–H and O–H groups in total. The number of aromatic nitrogens is 3. The molecular formula is C13H18N4O3. The summed E-state index contributed by atoms with van der Waals surface area (Å²) in [5.74, 6) is -0.910. The van der Waals surface area contributed by atoms with E-state index >= 15 is 0 Å². The van der Waals surface area contributed by atoms with Crippen LogP contribution in [0.3, 0.4) is 0 Å². The predicted octanol–water partition coefficient (Wildman–Crippen LogP) is 1.10. The molecular weight excluding hydrogens is 260 g/mol. The third kappa shape index (κ3) is 2.44. The number of hydrogen-bond donors (Lipinski definition) is 3. The van der Waals surface area contributed by atoms with Crippen molar-refractivity contribution >= 4 is 22.7 Å². The maximum absolute atomic E-state index is 11.3. The lowest BCUT2D eigenvalue weighted by molar-refractivity contribution is 0.0697.